The Morgan fingerprint density at radius 2 is 1.40 bits per heavy atom. The van der Waals surface area contributed by atoms with Gasteiger partial charge in [-0.2, -0.15) is 11.3 Å². The number of hydrogen-bond donors (Lipinski definition) is 0. The number of thiophene rings is 1. The SMILES string of the molecule is CC(C)c1cc(-c2ccccc2)cc(C(C)C)c1-n1c(-c2[c-]cc3sc4ccccc4c3c2)nc2ccccc21.[2H]C([2H])([2H])c1c[c-]c(-c2cc(C([2H])([2H])C(C)(C)C)c([Si](C)(C)C)cn2)cc1.[Ir]. The van der Waals surface area contributed by atoms with Gasteiger partial charge in [0.1, 0.15) is 0 Å². The van der Waals surface area contributed by atoms with Crippen LogP contribution in [0.25, 0.3) is 70.7 Å². The fraction of sp³-hybridized carbons (Fsp3) is 0.263. The summed E-state index contributed by atoms with van der Waals surface area (Å²) in [6, 6.07) is 50.3. The van der Waals surface area contributed by atoms with Gasteiger partial charge in [-0.05, 0) is 97.2 Å². The van der Waals surface area contributed by atoms with Gasteiger partial charge in [0.2, 0.25) is 0 Å². The summed E-state index contributed by atoms with van der Waals surface area (Å²) in [5.74, 6) is 1.60. The molecule has 0 unspecified atom stereocenters. The van der Waals surface area contributed by atoms with Gasteiger partial charge in [-0.1, -0.05) is 153 Å². The van der Waals surface area contributed by atoms with Gasteiger partial charge < -0.3 is 9.55 Å². The molecule has 0 aliphatic heterocycles. The van der Waals surface area contributed by atoms with Crippen LogP contribution in [-0.4, -0.2) is 22.6 Å². The largest absolute Gasteiger partial charge is 0.333 e. The Balaban J connectivity index is 0.000000215. The maximum Gasteiger partial charge on any atom is 0.0798 e. The fourth-order valence-electron chi connectivity index (χ4n) is 8.14. The molecule has 0 saturated heterocycles. The molecule has 0 spiro atoms. The molecule has 0 aliphatic carbocycles. The van der Waals surface area contributed by atoms with Crippen LogP contribution in [0.4, 0.5) is 0 Å². The third kappa shape index (κ3) is 9.91. The number of benzene rings is 6. The zero-order valence-corrected chi connectivity index (χ0v) is 42.2. The van der Waals surface area contributed by atoms with Crippen LogP contribution in [0.2, 0.25) is 19.6 Å². The summed E-state index contributed by atoms with van der Waals surface area (Å²) < 4.78 is 45.0. The molecule has 9 aromatic rings. The molecule has 6 aromatic carbocycles. The van der Waals surface area contributed by atoms with Crippen LogP contribution in [0.15, 0.2) is 134 Å². The van der Waals surface area contributed by atoms with Crippen LogP contribution in [-0.2, 0) is 26.5 Å². The molecule has 1 radical (unpaired) electrons. The smallest absolute Gasteiger partial charge is 0.0798 e. The molecule has 63 heavy (non-hydrogen) atoms. The van der Waals surface area contributed by atoms with Gasteiger partial charge in [0.25, 0.3) is 0 Å². The van der Waals surface area contributed by atoms with Crippen molar-refractivity contribution in [3.63, 3.8) is 0 Å². The van der Waals surface area contributed by atoms with E-state index in [1.807, 2.05) is 38.2 Å². The second-order valence-electron chi connectivity index (χ2n) is 18.9. The predicted octanol–water partition coefficient (Wildman–Crippen LogP) is 15.8. The van der Waals surface area contributed by atoms with Crippen molar-refractivity contribution >= 4 is 55.8 Å². The summed E-state index contributed by atoms with van der Waals surface area (Å²) in [5.41, 5.74) is 11.2. The van der Waals surface area contributed by atoms with Gasteiger partial charge in [-0.25, -0.2) is 0 Å². The van der Waals surface area contributed by atoms with Gasteiger partial charge in [0.05, 0.1) is 24.9 Å². The first-order valence-electron chi connectivity index (χ1n) is 24.1. The number of pyridine rings is 1. The molecule has 323 valence electrons. The van der Waals surface area contributed by atoms with E-state index in [0.717, 1.165) is 27.6 Å². The van der Waals surface area contributed by atoms with Gasteiger partial charge in [-0.3, -0.25) is 4.98 Å². The van der Waals surface area contributed by atoms with Gasteiger partial charge >= 0.3 is 0 Å². The maximum absolute atomic E-state index is 8.79. The third-order valence-electron chi connectivity index (χ3n) is 11.2. The van der Waals surface area contributed by atoms with E-state index >= 15 is 0 Å². The third-order valence-corrected chi connectivity index (χ3v) is 14.3. The van der Waals surface area contributed by atoms with Crippen molar-refractivity contribution in [2.24, 2.45) is 5.41 Å². The summed E-state index contributed by atoms with van der Waals surface area (Å²) >= 11 is 1.82. The van der Waals surface area contributed by atoms with Crippen LogP contribution >= 0.6 is 11.3 Å². The number of rotatable bonds is 8. The van der Waals surface area contributed by atoms with Crippen LogP contribution in [0.5, 0.6) is 0 Å². The summed E-state index contributed by atoms with van der Waals surface area (Å²) in [6.45, 7) is 19.3. The molecule has 0 saturated carbocycles. The minimum absolute atomic E-state index is 0. The summed E-state index contributed by atoms with van der Waals surface area (Å²) in [7, 11) is -1.81. The summed E-state index contributed by atoms with van der Waals surface area (Å²) in [5, 5.41) is 3.56. The van der Waals surface area contributed by atoms with E-state index in [2.05, 4.69) is 172 Å². The number of fused-ring (bicyclic) bond motifs is 4. The first kappa shape index (κ1) is 39.6. The van der Waals surface area contributed by atoms with Crippen LogP contribution < -0.4 is 5.19 Å². The van der Waals surface area contributed by atoms with E-state index in [9.17, 15) is 0 Å². The van der Waals surface area contributed by atoms with E-state index in [4.69, 9.17) is 11.8 Å². The van der Waals surface area contributed by atoms with Crippen molar-refractivity contribution in [1.82, 2.24) is 14.5 Å². The quantitative estimate of drug-likeness (QED) is 0.112. The molecular formula is C57H59IrN3SSi-2. The Bertz CT molecular complexity index is 3200. The number of hydrogen-bond acceptors (Lipinski definition) is 3. The topological polar surface area (TPSA) is 30.7 Å². The molecule has 3 aromatic heterocycles. The van der Waals surface area contributed by atoms with Crippen LogP contribution in [0.3, 0.4) is 0 Å². The van der Waals surface area contributed by atoms with E-state index < -0.39 is 26.7 Å². The minimum Gasteiger partial charge on any atom is -0.333 e. The van der Waals surface area contributed by atoms with Crippen LogP contribution in [0, 0.1) is 24.4 Å². The standard InChI is InChI=1S/C37H31N2S.C20H28NSi.Ir/c1-23(2)29-21-27(25-12-6-5-7-13-25)22-30(24(3)4)36(29)39-33-16-10-9-15-32(33)38-37(39)26-18-19-35-31(20-26)28-14-8-11-17-34(28)40-35;1-15-8-10-16(11-9-15)18-12-17(13-20(2,3)4)19(14-21-18)22(5,6)7;/h5-17,19-24H,1-4H3;8-10,12,14H,13H2,1-7H3;/q2*-1;/i;1D3,13D2;. The average Bonchev–Trinajstić information content (AvgIpc) is 3.86. The Morgan fingerprint density at radius 1 is 0.730 bits per heavy atom. The monoisotopic (exact) mass is 1040 g/mol. The predicted molar refractivity (Wildman–Crippen MR) is 271 cm³/mol. The molecule has 9 rings (SSSR count). The van der Waals surface area contributed by atoms with E-state index in [-0.39, 0.29) is 25.7 Å². The first-order chi connectivity index (χ1) is 31.5. The van der Waals surface area contributed by atoms with E-state index in [1.165, 1.54) is 54.2 Å². The second kappa shape index (κ2) is 18.6. The number of aryl methyl sites for hydroxylation is 1. The van der Waals surface area contributed by atoms with Crippen LogP contribution in [0.1, 0.15) is 89.4 Å². The molecular weight excluding hydrogens is 979 g/mol. The average molecular weight is 1040 g/mol. The van der Waals surface area contributed by atoms with Gasteiger partial charge in [0.15, 0.2) is 0 Å². The van der Waals surface area contributed by atoms with E-state index in [1.54, 1.807) is 18.3 Å². The molecule has 3 nitrogen and oxygen atoms in total. The van der Waals surface area contributed by atoms with Crippen molar-refractivity contribution in [1.29, 1.82) is 0 Å². The fourth-order valence-corrected chi connectivity index (χ4v) is 10.6. The first-order valence-corrected chi connectivity index (χ1v) is 25.9. The molecule has 3 heterocycles. The zero-order valence-electron chi connectivity index (χ0n) is 42.9. The summed E-state index contributed by atoms with van der Waals surface area (Å²) in [6.07, 6.45) is 0.269. The molecule has 0 aliphatic rings. The zero-order chi connectivity index (χ0) is 48.2. The van der Waals surface area contributed by atoms with Gasteiger partial charge in [0, 0.05) is 43.5 Å². The Hall–Kier alpha value is -4.97. The molecule has 0 atom stereocenters. The van der Waals surface area contributed by atoms with E-state index in [0.29, 0.717) is 28.7 Å². The van der Waals surface area contributed by atoms with Crippen molar-refractivity contribution < 1.29 is 27.0 Å². The Morgan fingerprint density at radius 3 is 2.05 bits per heavy atom. The van der Waals surface area contributed by atoms with Crippen molar-refractivity contribution in [3.05, 3.63) is 168 Å². The second-order valence-corrected chi connectivity index (χ2v) is 25.0. The molecule has 6 heteroatoms. The molecule has 0 N–H and O–H groups in total. The van der Waals surface area contributed by atoms with Crippen molar-refractivity contribution in [2.45, 2.75) is 93.2 Å². The van der Waals surface area contributed by atoms with Gasteiger partial charge in [-0.15, -0.1) is 59.2 Å². The Labute approximate surface area is 401 Å². The number of aromatic nitrogens is 3. The Kier molecular flexibility index (Phi) is 11.7. The minimum atomic E-state index is -2.17. The van der Waals surface area contributed by atoms with Crippen molar-refractivity contribution in [2.75, 3.05) is 0 Å². The molecule has 0 bridgehead atoms. The number of para-hydroxylation sites is 2. The normalized spacial score (nSPS) is 13.6. The molecule has 0 amide bonds. The summed E-state index contributed by atoms with van der Waals surface area (Å²) in [4.78, 5) is 9.81. The molecule has 0 fully saturated rings. The maximum atomic E-state index is 8.79. The number of imidazole rings is 1. The van der Waals surface area contributed by atoms with Crippen molar-refractivity contribution in [3.8, 4) is 39.5 Å². The number of nitrogens with zero attached hydrogens (tertiary/aromatic N) is 3.